The van der Waals surface area contributed by atoms with E-state index in [1.807, 2.05) is 24.3 Å². The van der Waals surface area contributed by atoms with Crippen molar-refractivity contribution < 1.29 is 14.7 Å². The maximum Gasteiger partial charge on any atom is 0.326 e. The van der Waals surface area contributed by atoms with Gasteiger partial charge in [0.25, 0.3) is 0 Å². The number of carboxylic acid groups (broad SMARTS) is 1. The average molecular weight is 285 g/mol. The van der Waals surface area contributed by atoms with Crippen LogP contribution < -0.4 is 10.6 Å². The molecule has 0 aliphatic heterocycles. The van der Waals surface area contributed by atoms with Gasteiger partial charge in [-0.1, -0.05) is 24.1 Å². The highest BCUT2D eigenvalue weighted by molar-refractivity contribution is 5.86. The molecule has 1 heterocycles. The molecule has 1 aromatic carbocycles. The lowest BCUT2D eigenvalue weighted by atomic mass is 10.1. The number of H-pyrrole nitrogens is 1. The minimum absolute atomic E-state index is 0.0469. The second kappa shape index (κ2) is 6.48. The molecule has 6 heteroatoms. The van der Waals surface area contributed by atoms with Crippen LogP contribution in [0.1, 0.15) is 5.56 Å². The largest absolute Gasteiger partial charge is 0.480 e. The average Bonchev–Trinajstić information content (AvgIpc) is 2.87. The predicted molar refractivity (Wildman–Crippen MR) is 78.8 cm³/mol. The zero-order chi connectivity index (χ0) is 15.2. The number of benzene rings is 1. The quantitative estimate of drug-likeness (QED) is 0.620. The maximum atomic E-state index is 11.5. The summed E-state index contributed by atoms with van der Waals surface area (Å²) >= 11 is 0. The fraction of sp³-hybridized carbons (Fsp3) is 0.200. The van der Waals surface area contributed by atoms with Crippen LogP contribution in [0.15, 0.2) is 30.5 Å². The third-order valence-electron chi connectivity index (χ3n) is 3.05. The molecule has 0 radical (unpaired) electrons. The van der Waals surface area contributed by atoms with Crippen LogP contribution in [0.2, 0.25) is 0 Å². The van der Waals surface area contributed by atoms with Gasteiger partial charge in [0.1, 0.15) is 6.04 Å². The van der Waals surface area contributed by atoms with E-state index in [1.54, 1.807) is 6.20 Å². The molecule has 6 nitrogen and oxygen atoms in total. The lowest BCUT2D eigenvalue weighted by Gasteiger charge is -2.14. The summed E-state index contributed by atoms with van der Waals surface area (Å²) < 4.78 is 0. The van der Waals surface area contributed by atoms with Gasteiger partial charge in [-0.05, 0) is 11.6 Å². The van der Waals surface area contributed by atoms with E-state index in [9.17, 15) is 14.7 Å². The van der Waals surface area contributed by atoms with Crippen LogP contribution in [0.3, 0.4) is 0 Å². The van der Waals surface area contributed by atoms with Gasteiger partial charge in [-0.3, -0.25) is 0 Å². The molecular weight excluding hydrogens is 270 g/mol. The van der Waals surface area contributed by atoms with Crippen LogP contribution in [0.4, 0.5) is 4.79 Å². The van der Waals surface area contributed by atoms with Gasteiger partial charge in [0.05, 0.1) is 6.54 Å². The zero-order valence-electron chi connectivity index (χ0n) is 11.2. The normalized spacial score (nSPS) is 11.6. The van der Waals surface area contributed by atoms with Gasteiger partial charge in [0.2, 0.25) is 0 Å². The van der Waals surface area contributed by atoms with Crippen molar-refractivity contribution in [3.05, 3.63) is 36.0 Å². The van der Waals surface area contributed by atoms with Crippen LogP contribution in [0.25, 0.3) is 10.9 Å². The smallest absolute Gasteiger partial charge is 0.326 e. The lowest BCUT2D eigenvalue weighted by molar-refractivity contribution is -0.139. The molecule has 21 heavy (non-hydrogen) atoms. The first kappa shape index (κ1) is 14.5. The molecule has 2 aromatic rings. The Morgan fingerprint density at radius 1 is 1.38 bits per heavy atom. The van der Waals surface area contributed by atoms with Crippen LogP contribution in [-0.4, -0.2) is 34.7 Å². The van der Waals surface area contributed by atoms with E-state index in [-0.39, 0.29) is 13.0 Å². The molecule has 0 spiro atoms. The number of urea groups is 1. The molecule has 0 bridgehead atoms. The van der Waals surface area contributed by atoms with Crippen LogP contribution in [0.5, 0.6) is 0 Å². The summed E-state index contributed by atoms with van der Waals surface area (Å²) in [6.07, 6.45) is 6.96. The Hall–Kier alpha value is -2.94. The monoisotopic (exact) mass is 285 g/mol. The van der Waals surface area contributed by atoms with E-state index < -0.39 is 18.0 Å². The molecule has 4 N–H and O–H groups in total. The molecule has 108 valence electrons. The number of carbonyl (C=O) groups is 2. The van der Waals surface area contributed by atoms with E-state index in [0.717, 1.165) is 16.5 Å². The summed E-state index contributed by atoms with van der Waals surface area (Å²) in [6.45, 7) is 0.0469. The number of nitrogens with one attached hydrogen (secondary N) is 3. The van der Waals surface area contributed by atoms with Crippen molar-refractivity contribution in [1.29, 1.82) is 0 Å². The van der Waals surface area contributed by atoms with Crippen molar-refractivity contribution in [2.75, 3.05) is 6.54 Å². The summed E-state index contributed by atoms with van der Waals surface area (Å²) in [5, 5.41) is 14.9. The molecule has 0 aliphatic carbocycles. The number of terminal acetylenes is 1. The van der Waals surface area contributed by atoms with Gasteiger partial charge in [0, 0.05) is 23.5 Å². The van der Waals surface area contributed by atoms with Crippen molar-refractivity contribution in [1.82, 2.24) is 15.6 Å². The second-order valence-corrected chi connectivity index (χ2v) is 4.49. The zero-order valence-corrected chi connectivity index (χ0v) is 11.2. The Morgan fingerprint density at radius 3 is 2.86 bits per heavy atom. The fourth-order valence-corrected chi connectivity index (χ4v) is 2.06. The molecule has 1 aromatic heterocycles. The Morgan fingerprint density at radius 2 is 2.14 bits per heavy atom. The number of aromatic amines is 1. The molecule has 0 saturated carbocycles. The second-order valence-electron chi connectivity index (χ2n) is 4.49. The number of carboxylic acids is 1. The number of rotatable bonds is 5. The van der Waals surface area contributed by atoms with E-state index in [0.29, 0.717) is 0 Å². The topological polar surface area (TPSA) is 94.2 Å². The minimum Gasteiger partial charge on any atom is -0.480 e. The van der Waals surface area contributed by atoms with Crippen LogP contribution in [-0.2, 0) is 11.2 Å². The third kappa shape index (κ3) is 3.54. The summed E-state index contributed by atoms with van der Waals surface area (Å²) in [5.41, 5.74) is 1.75. The van der Waals surface area contributed by atoms with E-state index >= 15 is 0 Å². The summed E-state index contributed by atoms with van der Waals surface area (Å²) in [7, 11) is 0. The van der Waals surface area contributed by atoms with Gasteiger partial charge in [-0.25, -0.2) is 9.59 Å². The molecule has 0 aliphatic rings. The molecule has 1 atom stereocenters. The highest BCUT2D eigenvalue weighted by Crippen LogP contribution is 2.19. The molecular formula is C15H15N3O3. The van der Waals surface area contributed by atoms with E-state index in [4.69, 9.17) is 6.42 Å². The first-order valence-electron chi connectivity index (χ1n) is 6.37. The highest BCUT2D eigenvalue weighted by Gasteiger charge is 2.21. The molecule has 1 unspecified atom stereocenters. The number of hydrogen-bond donors (Lipinski definition) is 4. The molecule has 0 saturated heterocycles. The van der Waals surface area contributed by atoms with Gasteiger partial charge >= 0.3 is 12.0 Å². The maximum absolute atomic E-state index is 11.5. The molecule has 2 rings (SSSR count). The standard InChI is InChI=1S/C15H15N3O3/c1-2-7-16-15(21)18-13(14(19)20)8-10-9-17-12-6-4-3-5-11(10)12/h1,3-6,9,13,17H,7-8H2,(H,19,20)(H2,16,18,21). The Bertz CT molecular complexity index is 699. The first-order valence-corrected chi connectivity index (χ1v) is 6.37. The number of hydrogen-bond acceptors (Lipinski definition) is 2. The Kier molecular flexibility index (Phi) is 4.46. The van der Waals surface area contributed by atoms with Crippen molar-refractivity contribution in [2.45, 2.75) is 12.5 Å². The van der Waals surface area contributed by atoms with Gasteiger partial charge in [-0.2, -0.15) is 0 Å². The molecule has 2 amide bonds. The van der Waals surface area contributed by atoms with Crippen molar-refractivity contribution in [3.8, 4) is 12.3 Å². The van der Waals surface area contributed by atoms with Crippen molar-refractivity contribution >= 4 is 22.9 Å². The summed E-state index contributed by atoms with van der Waals surface area (Å²) in [5.74, 6) is 1.15. The number of para-hydroxylation sites is 1. The van der Waals surface area contributed by atoms with Crippen molar-refractivity contribution in [2.24, 2.45) is 0 Å². The van der Waals surface area contributed by atoms with Crippen LogP contribution >= 0.6 is 0 Å². The summed E-state index contributed by atoms with van der Waals surface area (Å²) in [6, 6.07) is 5.95. The van der Waals surface area contributed by atoms with Crippen molar-refractivity contribution in [3.63, 3.8) is 0 Å². The third-order valence-corrected chi connectivity index (χ3v) is 3.05. The molecule has 0 fully saturated rings. The number of aliphatic carboxylic acids is 1. The fourth-order valence-electron chi connectivity index (χ4n) is 2.06. The summed E-state index contributed by atoms with van der Waals surface area (Å²) in [4.78, 5) is 25.9. The van der Waals surface area contributed by atoms with Gasteiger partial charge in [0.15, 0.2) is 0 Å². The number of fused-ring (bicyclic) bond motifs is 1. The van der Waals surface area contributed by atoms with E-state index in [2.05, 4.69) is 21.5 Å². The van der Waals surface area contributed by atoms with E-state index in [1.165, 1.54) is 0 Å². The van der Waals surface area contributed by atoms with Gasteiger partial charge < -0.3 is 20.7 Å². The van der Waals surface area contributed by atoms with Crippen LogP contribution in [0, 0.1) is 12.3 Å². The number of carbonyl (C=O) groups excluding carboxylic acids is 1. The predicted octanol–water partition coefficient (Wildman–Crippen LogP) is 1.10. The Labute approximate surface area is 121 Å². The Balaban J connectivity index is 2.11. The first-order chi connectivity index (χ1) is 10.1. The highest BCUT2D eigenvalue weighted by atomic mass is 16.4. The minimum atomic E-state index is -1.10. The van der Waals surface area contributed by atoms with Gasteiger partial charge in [-0.15, -0.1) is 6.42 Å². The lowest BCUT2D eigenvalue weighted by Crippen LogP contribution is -2.47. The number of aromatic nitrogens is 1. The SMILES string of the molecule is C#CCNC(=O)NC(Cc1c[nH]c2ccccc12)C(=O)O. The number of amides is 2.